The van der Waals surface area contributed by atoms with Crippen molar-refractivity contribution in [2.45, 2.75) is 11.8 Å². The van der Waals surface area contributed by atoms with Crippen LogP contribution in [0.2, 0.25) is 0 Å². The molecule has 0 heterocycles. The third-order valence-electron chi connectivity index (χ3n) is 1.69. The first-order chi connectivity index (χ1) is 6.27. The predicted molar refractivity (Wildman–Crippen MR) is 56.9 cm³/mol. The Kier molecular flexibility index (Phi) is 3.66. The Hall–Kier alpha value is -1.14. The fourth-order valence-electron chi connectivity index (χ4n) is 0.990. The highest BCUT2D eigenvalue weighted by Gasteiger charge is 1.97. The number of thioether (sulfide) groups is 1. The predicted octanol–water partition coefficient (Wildman–Crippen LogP) is 2.72. The van der Waals surface area contributed by atoms with Gasteiger partial charge in [0.1, 0.15) is 0 Å². The molecule has 0 aliphatic heterocycles. The fraction of sp³-hybridized carbons (Fsp3) is 0.300. The van der Waals surface area contributed by atoms with Gasteiger partial charge in [-0.3, -0.25) is 4.90 Å². The summed E-state index contributed by atoms with van der Waals surface area (Å²) in [4.78, 5) is 2.79. The van der Waals surface area contributed by atoms with E-state index in [1.165, 1.54) is 4.90 Å². The van der Waals surface area contributed by atoms with E-state index < -0.39 is 0 Å². The van der Waals surface area contributed by atoms with Gasteiger partial charge in [0.05, 0.1) is 5.69 Å². The number of anilines is 1. The highest BCUT2D eigenvalue weighted by atomic mass is 32.2. The molecule has 0 atom stereocenters. The summed E-state index contributed by atoms with van der Waals surface area (Å²) in [6.07, 6.45) is 2.06. The largest absolute Gasteiger partial charge is 0.283 e. The molecule has 3 heteroatoms. The van der Waals surface area contributed by atoms with Gasteiger partial charge in [-0.15, -0.1) is 11.8 Å². The van der Waals surface area contributed by atoms with E-state index in [9.17, 15) is 0 Å². The topological polar surface area (TPSA) is 27.0 Å². The van der Waals surface area contributed by atoms with Crippen molar-refractivity contribution in [3.63, 3.8) is 0 Å². The van der Waals surface area contributed by atoms with Crippen LogP contribution in [0.1, 0.15) is 6.92 Å². The lowest BCUT2D eigenvalue weighted by molar-refractivity contribution is 1.20. The van der Waals surface area contributed by atoms with Gasteiger partial charge in [-0.05, 0) is 30.0 Å². The second-order valence-electron chi connectivity index (χ2n) is 2.59. The van der Waals surface area contributed by atoms with Gasteiger partial charge in [0.25, 0.3) is 0 Å². The molecule has 0 amide bonds. The molecule has 1 rings (SSSR count). The molecule has 0 aromatic heterocycles. The first kappa shape index (κ1) is 9.94. The zero-order valence-corrected chi connectivity index (χ0v) is 8.64. The fourth-order valence-corrected chi connectivity index (χ4v) is 1.65. The summed E-state index contributed by atoms with van der Waals surface area (Å²) in [6, 6.07) is 8.00. The van der Waals surface area contributed by atoms with Gasteiger partial charge >= 0.3 is 0 Å². The van der Waals surface area contributed by atoms with E-state index in [-0.39, 0.29) is 0 Å². The smallest absolute Gasteiger partial charge is 0.183 e. The first-order valence-electron chi connectivity index (χ1n) is 4.14. The third kappa shape index (κ3) is 2.67. The lowest BCUT2D eigenvalue weighted by Crippen LogP contribution is -2.07. The lowest BCUT2D eigenvalue weighted by atomic mass is 10.3. The zero-order valence-electron chi connectivity index (χ0n) is 7.82. The van der Waals surface area contributed by atoms with Crippen LogP contribution >= 0.6 is 11.8 Å². The van der Waals surface area contributed by atoms with Crippen LogP contribution in [0.3, 0.4) is 0 Å². The average Bonchev–Trinajstić information content (AvgIpc) is 2.18. The van der Waals surface area contributed by atoms with Crippen molar-refractivity contribution in [2.24, 2.45) is 0 Å². The molecule has 0 N–H and O–H groups in total. The maximum atomic E-state index is 8.63. The van der Waals surface area contributed by atoms with Crippen molar-refractivity contribution in [2.75, 3.05) is 17.7 Å². The van der Waals surface area contributed by atoms with Crippen LogP contribution in [0, 0.1) is 11.5 Å². The van der Waals surface area contributed by atoms with E-state index >= 15 is 0 Å². The summed E-state index contributed by atoms with van der Waals surface area (Å²) in [7, 11) is 1.75. The lowest BCUT2D eigenvalue weighted by Gasteiger charge is -2.08. The van der Waals surface area contributed by atoms with Crippen LogP contribution in [0.25, 0.3) is 0 Å². The molecule has 68 valence electrons. The maximum absolute atomic E-state index is 8.63. The number of nitriles is 1. The van der Waals surface area contributed by atoms with Crippen LogP contribution in [-0.2, 0) is 0 Å². The molecule has 0 bridgehead atoms. The van der Waals surface area contributed by atoms with Gasteiger partial charge in [0.2, 0.25) is 0 Å². The Labute approximate surface area is 83.2 Å². The molecule has 13 heavy (non-hydrogen) atoms. The Morgan fingerprint density at radius 1 is 1.38 bits per heavy atom. The molecule has 1 aromatic rings. The second kappa shape index (κ2) is 4.78. The van der Waals surface area contributed by atoms with Crippen molar-refractivity contribution in [3.8, 4) is 6.19 Å². The highest BCUT2D eigenvalue weighted by Crippen LogP contribution is 2.20. The third-order valence-corrected chi connectivity index (χ3v) is 2.58. The van der Waals surface area contributed by atoms with Gasteiger partial charge in [-0.1, -0.05) is 6.92 Å². The van der Waals surface area contributed by atoms with Crippen LogP contribution in [0.15, 0.2) is 29.2 Å². The van der Waals surface area contributed by atoms with Gasteiger partial charge in [-0.2, -0.15) is 5.26 Å². The molecular weight excluding hydrogens is 180 g/mol. The summed E-state index contributed by atoms with van der Waals surface area (Å²) in [5.41, 5.74) is 0.933. The van der Waals surface area contributed by atoms with E-state index in [0.717, 1.165) is 11.4 Å². The second-order valence-corrected chi connectivity index (χ2v) is 3.92. The minimum atomic E-state index is 0.933. The standard InChI is InChI=1S/C10H12N2S/c1-3-13-10-6-4-9(5-7-10)12(2)8-11/h4-7H,3H2,1-2H3. The Balaban J connectivity index is 2.76. The molecule has 0 aliphatic carbocycles. The summed E-state index contributed by atoms with van der Waals surface area (Å²) in [5, 5.41) is 8.63. The first-order valence-corrected chi connectivity index (χ1v) is 5.12. The molecular formula is C10H12N2S. The number of rotatable bonds is 3. The van der Waals surface area contributed by atoms with E-state index in [2.05, 4.69) is 13.1 Å². The summed E-state index contributed by atoms with van der Waals surface area (Å²) in [6.45, 7) is 2.12. The van der Waals surface area contributed by atoms with Crippen molar-refractivity contribution < 1.29 is 0 Å². The van der Waals surface area contributed by atoms with Gasteiger partial charge in [0, 0.05) is 11.9 Å². The maximum Gasteiger partial charge on any atom is 0.183 e. The molecule has 0 unspecified atom stereocenters. The monoisotopic (exact) mass is 192 g/mol. The van der Waals surface area contributed by atoms with Gasteiger partial charge in [-0.25, -0.2) is 0 Å². The quantitative estimate of drug-likeness (QED) is 0.418. The van der Waals surface area contributed by atoms with Gasteiger partial charge < -0.3 is 0 Å². The van der Waals surface area contributed by atoms with Crippen molar-refractivity contribution in [1.29, 1.82) is 5.26 Å². The average molecular weight is 192 g/mol. The molecule has 1 aromatic carbocycles. The van der Waals surface area contributed by atoms with E-state index in [0.29, 0.717) is 0 Å². The minimum absolute atomic E-state index is 0.933. The molecule has 0 fully saturated rings. The van der Waals surface area contributed by atoms with E-state index in [1.54, 1.807) is 23.7 Å². The van der Waals surface area contributed by atoms with Crippen LogP contribution in [0.5, 0.6) is 0 Å². The Morgan fingerprint density at radius 3 is 2.46 bits per heavy atom. The van der Waals surface area contributed by atoms with Crippen LogP contribution in [0.4, 0.5) is 5.69 Å². The Bertz CT molecular complexity index is 300. The summed E-state index contributed by atoms with van der Waals surface area (Å²) >= 11 is 1.80. The number of hydrogen-bond donors (Lipinski definition) is 0. The van der Waals surface area contributed by atoms with E-state index in [4.69, 9.17) is 5.26 Å². The molecule has 0 saturated carbocycles. The number of hydrogen-bond acceptors (Lipinski definition) is 3. The Morgan fingerprint density at radius 2 is 2.00 bits per heavy atom. The van der Waals surface area contributed by atoms with Crippen molar-refractivity contribution in [1.82, 2.24) is 0 Å². The van der Waals surface area contributed by atoms with Crippen LogP contribution in [-0.4, -0.2) is 12.8 Å². The van der Waals surface area contributed by atoms with E-state index in [1.807, 2.05) is 24.3 Å². The minimum Gasteiger partial charge on any atom is -0.283 e. The molecule has 0 aliphatic rings. The number of nitrogens with zero attached hydrogens (tertiary/aromatic N) is 2. The zero-order chi connectivity index (χ0) is 9.68. The molecule has 0 spiro atoms. The highest BCUT2D eigenvalue weighted by molar-refractivity contribution is 7.99. The summed E-state index contributed by atoms with van der Waals surface area (Å²) in [5.74, 6) is 1.08. The van der Waals surface area contributed by atoms with Crippen molar-refractivity contribution >= 4 is 17.4 Å². The normalized spacial score (nSPS) is 9.31. The summed E-state index contributed by atoms with van der Waals surface area (Å²) < 4.78 is 0. The van der Waals surface area contributed by atoms with Crippen LogP contribution < -0.4 is 4.90 Å². The van der Waals surface area contributed by atoms with Crippen molar-refractivity contribution in [3.05, 3.63) is 24.3 Å². The SMILES string of the molecule is CCSc1ccc(N(C)C#N)cc1. The van der Waals surface area contributed by atoms with Gasteiger partial charge in [0.15, 0.2) is 6.19 Å². The molecule has 0 saturated heterocycles. The molecule has 0 radical (unpaired) electrons. The molecule has 2 nitrogen and oxygen atoms in total. The number of benzene rings is 1.